The first-order chi connectivity index (χ1) is 46.3. The summed E-state index contributed by atoms with van der Waals surface area (Å²) in [5.74, 6) is -6.38. The Morgan fingerprint density at radius 2 is 0.618 bits per heavy atom. The lowest BCUT2D eigenvalue weighted by molar-refractivity contribution is -0.139. The van der Waals surface area contributed by atoms with Crippen LogP contribution < -0.4 is 97.4 Å². The first kappa shape index (κ1) is 109. The van der Waals surface area contributed by atoms with Gasteiger partial charge in [-0.05, 0) is 118 Å². The molecule has 102 heavy (non-hydrogen) atoms. The number of carbonyl (C=O) groups excluding carboxylic acids is 16. The van der Waals surface area contributed by atoms with E-state index in [-0.39, 0.29) is 130 Å². The summed E-state index contributed by atoms with van der Waals surface area (Å²) in [5, 5.41) is 37.3. The van der Waals surface area contributed by atoms with Gasteiger partial charge in [0.05, 0.1) is 25.2 Å². The first-order valence-electron chi connectivity index (χ1n) is 32.6. The van der Waals surface area contributed by atoms with Crippen LogP contribution in [0.2, 0.25) is 0 Å². The minimum atomic E-state index is -0.811. The van der Waals surface area contributed by atoms with E-state index in [0.717, 1.165) is 9.80 Å². The van der Waals surface area contributed by atoms with E-state index < -0.39 is 83.2 Å². The maximum Gasteiger partial charge on any atom is 0.242 e. The second-order valence-electron chi connectivity index (χ2n) is 22.1. The van der Waals surface area contributed by atoms with Gasteiger partial charge in [0.2, 0.25) is 94.5 Å². The number of unbranched alkanes of at least 4 members (excludes halogenated alkanes) is 4. The highest BCUT2D eigenvalue weighted by molar-refractivity contribution is 5.92. The van der Waals surface area contributed by atoms with Crippen LogP contribution >= 0.6 is 0 Å². The highest BCUT2D eigenvalue weighted by atomic mass is 16.2. The second kappa shape index (κ2) is 71.7. The second-order valence-corrected chi connectivity index (χ2v) is 22.1. The van der Waals surface area contributed by atoms with E-state index >= 15 is 0 Å². The number of carbonyl (C=O) groups is 16. The summed E-state index contributed by atoms with van der Waals surface area (Å²) in [6.45, 7) is 13.8. The quantitative estimate of drug-likeness (QED) is 0.0206. The predicted octanol–water partition coefficient (Wildman–Crippen LogP) is -3.70. The Kier molecular flexibility index (Phi) is 76.4. The lowest BCUT2D eigenvalue weighted by Crippen LogP contribution is -2.48. The molecule has 16 amide bonds. The predicted molar refractivity (Wildman–Crippen MR) is 395 cm³/mol. The Morgan fingerprint density at radius 3 is 0.833 bits per heavy atom. The molecule has 0 saturated heterocycles. The highest BCUT2D eigenvalue weighted by Crippen LogP contribution is 2.06. The van der Waals surface area contributed by atoms with Crippen molar-refractivity contribution in [2.24, 2.45) is 22.9 Å². The van der Waals surface area contributed by atoms with E-state index in [0.29, 0.717) is 129 Å². The average Bonchev–Trinajstić information content (AvgIpc) is 1.09. The molecule has 0 rings (SSSR count). The number of rotatable bonds is 52. The molecule has 0 fully saturated rings. The van der Waals surface area contributed by atoms with Crippen LogP contribution in [0.4, 0.5) is 0 Å². The fourth-order valence-corrected chi connectivity index (χ4v) is 8.27. The topological polar surface area (TPSA) is 552 Å². The molecule has 0 aliphatic carbocycles. The Bertz CT molecular complexity index is 2310. The van der Waals surface area contributed by atoms with Crippen LogP contribution in [0.3, 0.4) is 0 Å². The summed E-state index contributed by atoms with van der Waals surface area (Å²) >= 11 is 0. The third-order valence-electron chi connectivity index (χ3n) is 13.2. The van der Waals surface area contributed by atoms with E-state index in [1.165, 1.54) is 27.7 Å². The maximum absolute atomic E-state index is 13.0. The van der Waals surface area contributed by atoms with E-state index in [4.69, 9.17) is 22.9 Å². The van der Waals surface area contributed by atoms with Crippen LogP contribution in [0.25, 0.3) is 0 Å². The third-order valence-corrected chi connectivity index (χ3v) is 13.2. The standard InChI is InChI=1S/2C28H50N8O7.2C3H8N2O.4CH4/c2*1-5-6-14-32-24(39)18-36(19-25(40)33-16-10-7-11-22(30-4)27(29)42)26(41)13-17-34-28(43)23(35-21(3)38)12-8-9-15-31-20(2)37;2*1-5-2-3(4)6;;;;/h2*5,22-23,30H,1,6-19H2,2-4H3,(H2,29,42)(H,31,37)(H,32,39)(H,33,40)(H,34,43)(H,35,38);2*5H,2H2,1H3,(H2,4,6);4*1H4/t2*22-,23-;;;;;;/m00....../s1. The number of nitrogens with one attached hydrogen (secondary N) is 14. The van der Waals surface area contributed by atoms with Gasteiger partial charge in [-0.1, -0.05) is 41.9 Å². The van der Waals surface area contributed by atoms with Crippen molar-refractivity contribution in [2.45, 2.75) is 184 Å². The molecule has 36 heteroatoms. The molecule has 592 valence electrons. The third kappa shape index (κ3) is 69.3. The molecule has 0 saturated carbocycles. The van der Waals surface area contributed by atoms with Crippen molar-refractivity contribution in [3.8, 4) is 0 Å². The van der Waals surface area contributed by atoms with Crippen LogP contribution in [-0.2, 0) is 76.7 Å². The number of hydrogen-bond donors (Lipinski definition) is 18. The summed E-state index contributed by atoms with van der Waals surface area (Å²) in [6, 6.07) is -2.53. The molecule has 0 aliphatic heterocycles. The summed E-state index contributed by atoms with van der Waals surface area (Å²) in [4.78, 5) is 191. The van der Waals surface area contributed by atoms with E-state index in [9.17, 15) is 76.7 Å². The van der Waals surface area contributed by atoms with E-state index in [1.54, 1.807) is 40.3 Å². The van der Waals surface area contributed by atoms with Gasteiger partial charge < -0.3 is 107 Å². The van der Waals surface area contributed by atoms with Gasteiger partial charge in [0.15, 0.2) is 0 Å². The van der Waals surface area contributed by atoms with Gasteiger partial charge in [0.1, 0.15) is 38.3 Å². The summed E-state index contributed by atoms with van der Waals surface area (Å²) < 4.78 is 0. The number of nitrogens with two attached hydrogens (primary N) is 4. The highest BCUT2D eigenvalue weighted by Gasteiger charge is 2.25. The monoisotopic (exact) mass is 1460 g/mol. The minimum absolute atomic E-state index is 0. The van der Waals surface area contributed by atoms with Gasteiger partial charge in [0.25, 0.3) is 0 Å². The SMILES string of the molecule is C.C.C.C.C=CCCNC(=O)CN(CC(=O)NCCCC[C@H](NC)C(N)=O)C(=O)CCNC(=O)[C@H](CCCCNC(C)=O)NC(C)=O.C=CCCNC(=O)CN(CC(=O)NCCCC[C@H](NC)C(N)=O)C(=O)CCNC(=O)[C@H](CCCCNC(C)=O)NC(C)=O.CNCC(N)=O.CNCC(N)=O. The summed E-state index contributed by atoms with van der Waals surface area (Å²) in [7, 11) is 6.62. The molecule has 4 atom stereocenters. The minimum Gasteiger partial charge on any atom is -0.369 e. The Morgan fingerprint density at radius 1 is 0.353 bits per heavy atom. The fraction of sp³-hybridized carbons (Fsp3) is 0.697. The molecule has 0 radical (unpaired) electrons. The largest absolute Gasteiger partial charge is 0.369 e. The summed E-state index contributed by atoms with van der Waals surface area (Å²) in [6.07, 6.45) is 10.6. The molecule has 0 spiro atoms. The molecule has 0 aromatic heterocycles. The van der Waals surface area contributed by atoms with Gasteiger partial charge >= 0.3 is 0 Å². The van der Waals surface area contributed by atoms with Crippen LogP contribution in [0, 0.1) is 0 Å². The van der Waals surface area contributed by atoms with Gasteiger partial charge in [-0.15, -0.1) is 13.2 Å². The van der Waals surface area contributed by atoms with Gasteiger partial charge in [-0.25, -0.2) is 0 Å². The zero-order valence-electron chi connectivity index (χ0n) is 58.8. The molecule has 0 aromatic carbocycles. The van der Waals surface area contributed by atoms with Crippen LogP contribution in [0.1, 0.15) is 160 Å². The van der Waals surface area contributed by atoms with Crippen molar-refractivity contribution < 1.29 is 76.7 Å². The van der Waals surface area contributed by atoms with Crippen molar-refractivity contribution >= 4 is 94.5 Å². The van der Waals surface area contributed by atoms with Crippen LogP contribution in [-0.4, -0.2) is 248 Å². The number of likely N-dealkylation sites (N-methyl/N-ethyl adjacent to an activating group) is 4. The molecular formula is C66H132N20O16. The van der Waals surface area contributed by atoms with Crippen molar-refractivity contribution in [1.82, 2.24) is 84.2 Å². The zero-order valence-corrected chi connectivity index (χ0v) is 58.8. The molecule has 0 heterocycles. The van der Waals surface area contributed by atoms with Crippen molar-refractivity contribution in [3.05, 3.63) is 25.3 Å². The lowest BCUT2D eigenvalue weighted by Gasteiger charge is -2.22. The van der Waals surface area contributed by atoms with Crippen molar-refractivity contribution in [2.75, 3.05) is 120 Å². The average molecular weight is 1460 g/mol. The Balaban J connectivity index is -0.000000239. The number of primary amides is 4. The molecular weight excluding hydrogens is 1330 g/mol. The molecule has 0 aliphatic rings. The number of hydrogen-bond acceptors (Lipinski definition) is 20. The number of amides is 16. The lowest BCUT2D eigenvalue weighted by atomic mass is 10.1. The van der Waals surface area contributed by atoms with Gasteiger partial charge in [-0.2, -0.15) is 0 Å². The molecule has 36 nitrogen and oxygen atoms in total. The van der Waals surface area contributed by atoms with Gasteiger partial charge in [-0.3, -0.25) is 76.7 Å². The molecule has 0 unspecified atom stereocenters. The Labute approximate surface area is 605 Å². The smallest absolute Gasteiger partial charge is 0.242 e. The fourth-order valence-electron chi connectivity index (χ4n) is 8.27. The van der Waals surface area contributed by atoms with Crippen LogP contribution in [0.5, 0.6) is 0 Å². The van der Waals surface area contributed by atoms with Crippen molar-refractivity contribution in [1.29, 1.82) is 0 Å². The first-order valence-corrected chi connectivity index (χ1v) is 32.6. The van der Waals surface area contributed by atoms with Crippen LogP contribution in [0.15, 0.2) is 25.3 Å². The van der Waals surface area contributed by atoms with E-state index in [2.05, 4.69) is 87.6 Å². The zero-order chi connectivity index (χ0) is 75.2. The molecule has 0 bridgehead atoms. The maximum atomic E-state index is 13.0. The normalized spacial score (nSPS) is 10.9. The summed E-state index contributed by atoms with van der Waals surface area (Å²) in [5.41, 5.74) is 20.0. The van der Waals surface area contributed by atoms with Crippen molar-refractivity contribution in [3.63, 3.8) is 0 Å². The number of nitrogens with zero attached hydrogens (tertiary/aromatic N) is 2. The van der Waals surface area contributed by atoms with E-state index in [1.807, 2.05) is 0 Å². The molecule has 22 N–H and O–H groups in total. The molecule has 0 aromatic rings. The Hall–Kier alpha value is -9.16. The van der Waals surface area contributed by atoms with Gasteiger partial charge in [0, 0.05) is 92.9 Å².